The predicted molar refractivity (Wildman–Crippen MR) is 130 cm³/mol. The van der Waals surface area contributed by atoms with E-state index in [0.717, 1.165) is 43.3 Å². The number of hydrogen-bond donors (Lipinski definition) is 0. The van der Waals surface area contributed by atoms with Gasteiger partial charge in [0.15, 0.2) is 0 Å². The highest BCUT2D eigenvalue weighted by atomic mass is 16.5. The molecule has 0 bridgehead atoms. The Labute approximate surface area is 198 Å². The van der Waals surface area contributed by atoms with Crippen molar-refractivity contribution in [2.24, 2.45) is 28.6 Å². The van der Waals surface area contributed by atoms with Crippen molar-refractivity contribution in [3.05, 3.63) is 53.1 Å². The zero-order valence-electron chi connectivity index (χ0n) is 20.4. The highest BCUT2D eigenvalue weighted by molar-refractivity contribution is 5.66. The largest absolute Gasteiger partial charge is 0.486 e. The number of benzene rings is 1. The number of fused-ring (bicyclic) bond motifs is 6. The molecule has 6 rings (SSSR count). The van der Waals surface area contributed by atoms with Gasteiger partial charge in [-0.2, -0.15) is 0 Å². The Hall–Kier alpha value is -2.03. The second-order valence-corrected chi connectivity index (χ2v) is 11.9. The molecule has 3 nitrogen and oxygen atoms in total. The summed E-state index contributed by atoms with van der Waals surface area (Å²) in [6.45, 7) is 6.52. The molecule has 0 radical (unpaired) electrons. The minimum Gasteiger partial charge on any atom is -0.486 e. The van der Waals surface area contributed by atoms with Crippen LogP contribution in [0.1, 0.15) is 77.7 Å². The van der Waals surface area contributed by atoms with E-state index in [0.29, 0.717) is 5.92 Å². The maximum absolute atomic E-state index is 11.7. The molecule has 0 spiro atoms. The predicted octanol–water partition coefficient (Wildman–Crippen LogP) is 6.81. The summed E-state index contributed by atoms with van der Waals surface area (Å²) >= 11 is 0. The third-order valence-corrected chi connectivity index (χ3v) is 10.4. The Bertz CT molecular complexity index is 1020. The fourth-order valence-corrected chi connectivity index (χ4v) is 8.53. The molecule has 7 atom stereocenters. The van der Waals surface area contributed by atoms with Crippen LogP contribution in [0.2, 0.25) is 0 Å². The summed E-state index contributed by atoms with van der Waals surface area (Å²) < 4.78 is 12.3. The summed E-state index contributed by atoms with van der Waals surface area (Å²) in [6.07, 6.45) is 15.9. The van der Waals surface area contributed by atoms with Crippen LogP contribution in [-0.2, 0) is 16.0 Å². The standard InChI is InChI=1S/C30H38O3/c1-19(31)32-28-13-11-24-23-10-9-22-18-21(27-12-8-20-6-4-5-7-26(20)33-27)14-16-29(22,2)25(23)15-17-30(24,28)3/h4-7,9,18,23-25,27-28H,8,10-17H2,1-3H3/t23-,24-,25-,27?,28-,29-,30-/m0/s1. The second kappa shape index (κ2) is 7.75. The third-order valence-electron chi connectivity index (χ3n) is 10.4. The zero-order chi connectivity index (χ0) is 22.8. The molecule has 1 unspecified atom stereocenters. The van der Waals surface area contributed by atoms with Gasteiger partial charge in [0, 0.05) is 12.3 Å². The maximum Gasteiger partial charge on any atom is 0.302 e. The molecule has 0 saturated heterocycles. The first kappa shape index (κ1) is 21.5. The van der Waals surface area contributed by atoms with Crippen molar-refractivity contribution in [1.29, 1.82) is 0 Å². The first-order valence-electron chi connectivity index (χ1n) is 13.2. The van der Waals surface area contributed by atoms with Crippen molar-refractivity contribution < 1.29 is 14.3 Å². The van der Waals surface area contributed by atoms with Gasteiger partial charge in [-0.05, 0) is 104 Å². The van der Waals surface area contributed by atoms with Crippen molar-refractivity contribution in [3.8, 4) is 5.75 Å². The molecule has 1 aromatic carbocycles. The van der Waals surface area contributed by atoms with Crippen LogP contribution in [0.5, 0.6) is 5.75 Å². The van der Waals surface area contributed by atoms with E-state index in [9.17, 15) is 4.79 Å². The summed E-state index contributed by atoms with van der Waals surface area (Å²) in [7, 11) is 0. The fourth-order valence-electron chi connectivity index (χ4n) is 8.53. The number of rotatable bonds is 2. The zero-order valence-corrected chi connectivity index (χ0v) is 20.4. The second-order valence-electron chi connectivity index (χ2n) is 11.9. The summed E-state index contributed by atoms with van der Waals surface area (Å²) in [5, 5.41) is 0. The lowest BCUT2D eigenvalue weighted by Gasteiger charge is -2.57. The Balaban J connectivity index is 1.24. The quantitative estimate of drug-likeness (QED) is 0.468. The SMILES string of the molecule is CC(=O)O[C@H]1CC[C@H]2[C@@H]3CC=C4C=C(C5CCc6ccccc6O5)CC[C@]4(C)[C@H]3CC[C@]12C. The van der Waals surface area contributed by atoms with Gasteiger partial charge in [0.2, 0.25) is 0 Å². The minimum absolute atomic E-state index is 0.112. The van der Waals surface area contributed by atoms with E-state index in [4.69, 9.17) is 9.47 Å². The topological polar surface area (TPSA) is 35.5 Å². The van der Waals surface area contributed by atoms with Crippen molar-refractivity contribution >= 4 is 5.97 Å². The van der Waals surface area contributed by atoms with Crippen LogP contribution in [0.15, 0.2) is 47.6 Å². The van der Waals surface area contributed by atoms with E-state index in [1.54, 1.807) is 12.5 Å². The molecule has 0 aromatic heterocycles. The van der Waals surface area contributed by atoms with Crippen molar-refractivity contribution in [3.63, 3.8) is 0 Å². The minimum atomic E-state index is -0.112. The van der Waals surface area contributed by atoms with E-state index in [1.165, 1.54) is 43.2 Å². The lowest BCUT2D eigenvalue weighted by Crippen LogP contribution is -2.50. The van der Waals surface area contributed by atoms with Gasteiger partial charge in [0.1, 0.15) is 18.0 Å². The molecule has 2 fully saturated rings. The molecule has 1 aromatic rings. The van der Waals surface area contributed by atoms with Crippen molar-refractivity contribution in [2.75, 3.05) is 0 Å². The van der Waals surface area contributed by atoms with Gasteiger partial charge >= 0.3 is 5.97 Å². The van der Waals surface area contributed by atoms with E-state index in [-0.39, 0.29) is 29.0 Å². The van der Waals surface area contributed by atoms with E-state index >= 15 is 0 Å². The van der Waals surface area contributed by atoms with Gasteiger partial charge in [-0.3, -0.25) is 4.79 Å². The third kappa shape index (κ3) is 3.33. The van der Waals surface area contributed by atoms with Crippen LogP contribution < -0.4 is 4.74 Å². The summed E-state index contributed by atoms with van der Waals surface area (Å²) in [4.78, 5) is 11.7. The number of hydrogen-bond acceptors (Lipinski definition) is 3. The number of allylic oxidation sites excluding steroid dienone is 3. The highest BCUT2D eigenvalue weighted by Gasteiger charge is 2.59. The van der Waals surface area contributed by atoms with Crippen molar-refractivity contribution in [1.82, 2.24) is 0 Å². The average molecular weight is 447 g/mol. The lowest BCUT2D eigenvalue weighted by atomic mass is 9.48. The smallest absolute Gasteiger partial charge is 0.302 e. The first-order chi connectivity index (χ1) is 15.9. The molecule has 0 N–H and O–H groups in total. The van der Waals surface area contributed by atoms with Gasteiger partial charge in [0.25, 0.3) is 0 Å². The number of esters is 1. The Morgan fingerprint density at radius 2 is 1.88 bits per heavy atom. The van der Waals surface area contributed by atoms with Crippen molar-refractivity contribution in [2.45, 2.75) is 90.8 Å². The molecule has 1 heterocycles. The molecular formula is C30H38O3. The molecule has 33 heavy (non-hydrogen) atoms. The summed E-state index contributed by atoms with van der Waals surface area (Å²) in [6, 6.07) is 8.53. The van der Waals surface area contributed by atoms with E-state index in [2.05, 4.69) is 50.3 Å². The van der Waals surface area contributed by atoms with E-state index in [1.807, 2.05) is 0 Å². The molecule has 176 valence electrons. The summed E-state index contributed by atoms with van der Waals surface area (Å²) in [5.41, 5.74) is 4.87. The van der Waals surface area contributed by atoms with Crippen LogP contribution in [0, 0.1) is 28.6 Å². The Morgan fingerprint density at radius 3 is 2.73 bits per heavy atom. The number of ether oxygens (including phenoxy) is 2. The Morgan fingerprint density at radius 1 is 1.03 bits per heavy atom. The van der Waals surface area contributed by atoms with Gasteiger partial charge < -0.3 is 9.47 Å². The number of para-hydroxylation sites is 1. The lowest BCUT2D eigenvalue weighted by molar-refractivity contribution is -0.156. The van der Waals surface area contributed by atoms with Crippen LogP contribution in [0.4, 0.5) is 0 Å². The fraction of sp³-hybridized carbons (Fsp3) is 0.633. The average Bonchev–Trinajstić information content (AvgIpc) is 3.14. The van der Waals surface area contributed by atoms with Crippen LogP contribution in [0.25, 0.3) is 0 Å². The van der Waals surface area contributed by atoms with Crippen LogP contribution in [0.3, 0.4) is 0 Å². The van der Waals surface area contributed by atoms with Crippen LogP contribution in [-0.4, -0.2) is 18.2 Å². The monoisotopic (exact) mass is 446 g/mol. The molecule has 1 aliphatic heterocycles. The summed E-state index contributed by atoms with van der Waals surface area (Å²) in [5.74, 6) is 3.12. The van der Waals surface area contributed by atoms with Gasteiger partial charge in [-0.25, -0.2) is 0 Å². The van der Waals surface area contributed by atoms with Gasteiger partial charge in [-0.1, -0.05) is 44.2 Å². The van der Waals surface area contributed by atoms with Gasteiger partial charge in [-0.15, -0.1) is 0 Å². The maximum atomic E-state index is 11.7. The van der Waals surface area contributed by atoms with Gasteiger partial charge in [0.05, 0.1) is 0 Å². The molecule has 5 aliphatic rings. The molecule has 2 saturated carbocycles. The first-order valence-corrected chi connectivity index (χ1v) is 13.2. The van der Waals surface area contributed by atoms with E-state index < -0.39 is 0 Å². The molecule has 3 heteroatoms. The Kier molecular flexibility index (Phi) is 5.05. The molecule has 4 aliphatic carbocycles. The highest BCUT2D eigenvalue weighted by Crippen LogP contribution is 2.65. The molecule has 0 amide bonds. The van der Waals surface area contributed by atoms with Crippen LogP contribution >= 0.6 is 0 Å². The number of carbonyl (C=O) groups is 1. The normalized spacial score (nSPS) is 41.4. The number of carbonyl (C=O) groups excluding carboxylic acids is 1. The molecular weight excluding hydrogens is 408 g/mol. The number of aryl methyl sites for hydroxylation is 1.